The quantitative estimate of drug-likeness (QED) is 0.819. The van der Waals surface area contributed by atoms with E-state index in [9.17, 15) is 18.0 Å². The van der Waals surface area contributed by atoms with Gasteiger partial charge in [0.25, 0.3) is 0 Å². The molecule has 7 heteroatoms. The van der Waals surface area contributed by atoms with Crippen LogP contribution in [0.5, 0.6) is 0 Å². The van der Waals surface area contributed by atoms with Crippen molar-refractivity contribution >= 4 is 27.3 Å². The van der Waals surface area contributed by atoms with E-state index in [1.165, 1.54) is 5.56 Å². The third-order valence-corrected chi connectivity index (χ3v) is 7.10. The van der Waals surface area contributed by atoms with E-state index in [4.69, 9.17) is 0 Å². The summed E-state index contributed by atoms with van der Waals surface area (Å²) in [6, 6.07) is 7.45. The number of sulfone groups is 1. The summed E-state index contributed by atoms with van der Waals surface area (Å²) in [5, 5.41) is 2.87. The molecule has 1 aromatic carbocycles. The fourth-order valence-electron chi connectivity index (χ4n) is 3.64. The van der Waals surface area contributed by atoms with Gasteiger partial charge in [0.15, 0.2) is 9.84 Å². The van der Waals surface area contributed by atoms with Crippen molar-refractivity contribution < 1.29 is 18.0 Å². The van der Waals surface area contributed by atoms with Crippen LogP contribution in [0.15, 0.2) is 24.3 Å². The Balaban J connectivity index is 1.57. The molecule has 0 radical (unpaired) electrons. The molecule has 142 valence electrons. The molecule has 1 N–H and O–H groups in total. The van der Waals surface area contributed by atoms with Gasteiger partial charge in [-0.1, -0.05) is 19.1 Å². The van der Waals surface area contributed by atoms with Gasteiger partial charge >= 0.3 is 0 Å². The first-order valence-corrected chi connectivity index (χ1v) is 11.1. The van der Waals surface area contributed by atoms with E-state index >= 15 is 0 Å². The molecule has 6 nitrogen and oxygen atoms in total. The monoisotopic (exact) mass is 378 g/mol. The fourth-order valence-corrected chi connectivity index (χ4v) is 5.38. The lowest BCUT2D eigenvalue weighted by Crippen LogP contribution is -2.42. The lowest BCUT2D eigenvalue weighted by Gasteiger charge is -2.27. The van der Waals surface area contributed by atoms with Gasteiger partial charge in [0, 0.05) is 18.3 Å². The second-order valence-corrected chi connectivity index (χ2v) is 9.40. The smallest absolute Gasteiger partial charge is 0.228 e. The average molecular weight is 378 g/mol. The third-order valence-electron chi connectivity index (χ3n) is 5.35. The molecule has 1 aliphatic carbocycles. The van der Waals surface area contributed by atoms with Crippen LogP contribution in [0, 0.1) is 11.8 Å². The second-order valence-electron chi connectivity index (χ2n) is 7.17. The molecule has 3 rings (SSSR count). The topological polar surface area (TPSA) is 83.6 Å². The summed E-state index contributed by atoms with van der Waals surface area (Å²) in [4.78, 5) is 26.8. The predicted molar refractivity (Wildman–Crippen MR) is 100 cm³/mol. The van der Waals surface area contributed by atoms with E-state index in [0.717, 1.165) is 12.1 Å². The zero-order valence-corrected chi connectivity index (χ0v) is 16.1. The largest absolute Gasteiger partial charge is 0.339 e. The number of anilines is 1. The number of nitrogens with zero attached hydrogens (tertiary/aromatic N) is 1. The van der Waals surface area contributed by atoms with Crippen LogP contribution in [0.2, 0.25) is 0 Å². The maximum absolute atomic E-state index is 12.7. The Kier molecular flexibility index (Phi) is 5.37. The van der Waals surface area contributed by atoms with E-state index in [0.29, 0.717) is 19.4 Å². The molecule has 1 aliphatic heterocycles. The summed E-state index contributed by atoms with van der Waals surface area (Å²) in [5.41, 5.74) is 1.94. The van der Waals surface area contributed by atoms with Crippen molar-refractivity contribution in [3.05, 3.63) is 29.8 Å². The summed E-state index contributed by atoms with van der Waals surface area (Å²) in [6.07, 6.45) is 1.97. The maximum atomic E-state index is 12.7. The Labute approximate surface area is 154 Å². The van der Waals surface area contributed by atoms with Gasteiger partial charge in [-0.25, -0.2) is 8.42 Å². The van der Waals surface area contributed by atoms with E-state index in [2.05, 4.69) is 12.2 Å². The Morgan fingerprint density at radius 2 is 1.85 bits per heavy atom. The molecule has 2 fully saturated rings. The minimum absolute atomic E-state index is 0.0416. The molecule has 3 unspecified atom stereocenters. The van der Waals surface area contributed by atoms with Crippen molar-refractivity contribution in [3.8, 4) is 0 Å². The summed E-state index contributed by atoms with van der Waals surface area (Å²) in [5.74, 6) is -0.684. The molecule has 1 heterocycles. The highest BCUT2D eigenvalue weighted by atomic mass is 32.2. The number of aryl methyl sites for hydroxylation is 1. The number of hydrogen-bond acceptors (Lipinski definition) is 4. The van der Waals surface area contributed by atoms with Crippen molar-refractivity contribution in [2.45, 2.75) is 39.2 Å². The number of nitrogens with one attached hydrogen (secondary N) is 1. The van der Waals surface area contributed by atoms with Gasteiger partial charge in [-0.15, -0.1) is 0 Å². The molecule has 2 aliphatic rings. The van der Waals surface area contributed by atoms with Crippen LogP contribution in [0.1, 0.15) is 32.3 Å². The lowest BCUT2D eigenvalue weighted by molar-refractivity contribution is -0.135. The number of amides is 2. The highest BCUT2D eigenvalue weighted by Crippen LogP contribution is 2.41. The van der Waals surface area contributed by atoms with E-state index in [1.54, 1.807) is 4.90 Å². The lowest BCUT2D eigenvalue weighted by atomic mass is 10.1. The summed E-state index contributed by atoms with van der Waals surface area (Å²) >= 11 is 0. The van der Waals surface area contributed by atoms with Crippen LogP contribution < -0.4 is 5.32 Å². The second kappa shape index (κ2) is 7.39. The van der Waals surface area contributed by atoms with E-state index in [-0.39, 0.29) is 41.2 Å². The summed E-state index contributed by atoms with van der Waals surface area (Å²) in [7, 11) is -3.04. The molecule has 0 bridgehead atoms. The Hall–Kier alpha value is -1.89. The zero-order chi connectivity index (χ0) is 18.9. The van der Waals surface area contributed by atoms with Gasteiger partial charge < -0.3 is 10.2 Å². The van der Waals surface area contributed by atoms with Crippen molar-refractivity contribution in [3.63, 3.8) is 0 Å². The Morgan fingerprint density at radius 1 is 1.15 bits per heavy atom. The van der Waals surface area contributed by atoms with Crippen molar-refractivity contribution in [2.24, 2.45) is 11.8 Å². The van der Waals surface area contributed by atoms with Crippen LogP contribution in [-0.4, -0.2) is 49.2 Å². The van der Waals surface area contributed by atoms with Gasteiger partial charge in [-0.3, -0.25) is 9.59 Å². The Bertz CT molecular complexity index is 788. The molecule has 1 saturated heterocycles. The first-order valence-electron chi connectivity index (χ1n) is 9.25. The molecule has 26 heavy (non-hydrogen) atoms. The molecule has 0 aromatic heterocycles. The van der Waals surface area contributed by atoms with Crippen LogP contribution in [0.3, 0.4) is 0 Å². The van der Waals surface area contributed by atoms with Crippen LogP contribution in [0.4, 0.5) is 5.69 Å². The third kappa shape index (κ3) is 4.09. The van der Waals surface area contributed by atoms with Crippen LogP contribution in [0.25, 0.3) is 0 Å². The SMILES string of the molecule is CCc1ccc(NC(=O)C2CC2C(=O)N(CC)C2CCS(=O)(=O)C2)cc1. The molecule has 1 aromatic rings. The van der Waals surface area contributed by atoms with Crippen molar-refractivity contribution in [1.29, 1.82) is 0 Å². The summed E-state index contributed by atoms with van der Waals surface area (Å²) in [6.45, 7) is 4.40. The maximum Gasteiger partial charge on any atom is 0.228 e. The molecule has 3 atom stereocenters. The standard InChI is InChI=1S/C19H26N2O4S/c1-3-13-5-7-14(8-6-13)20-18(22)16-11-17(16)19(23)21(4-2)15-9-10-26(24,25)12-15/h5-8,15-17H,3-4,9-12H2,1-2H3,(H,20,22). The minimum Gasteiger partial charge on any atom is -0.339 e. The van der Waals surface area contributed by atoms with Gasteiger partial charge in [-0.05, 0) is 43.9 Å². The zero-order valence-electron chi connectivity index (χ0n) is 15.3. The average Bonchev–Trinajstić information content (AvgIpc) is 3.34. The fraction of sp³-hybridized carbons (Fsp3) is 0.579. The molecule has 0 spiro atoms. The highest BCUT2D eigenvalue weighted by Gasteiger charge is 2.50. The number of hydrogen-bond donors (Lipinski definition) is 1. The molecular formula is C19H26N2O4S. The van der Waals surface area contributed by atoms with Crippen LogP contribution >= 0.6 is 0 Å². The summed E-state index contributed by atoms with van der Waals surface area (Å²) < 4.78 is 23.4. The number of carbonyl (C=O) groups is 2. The first kappa shape index (κ1) is 18.9. The van der Waals surface area contributed by atoms with Gasteiger partial charge in [0.1, 0.15) is 0 Å². The van der Waals surface area contributed by atoms with Crippen molar-refractivity contribution in [2.75, 3.05) is 23.4 Å². The number of carbonyl (C=O) groups excluding carboxylic acids is 2. The molecule has 2 amide bonds. The van der Waals surface area contributed by atoms with Crippen molar-refractivity contribution in [1.82, 2.24) is 4.90 Å². The van der Waals surface area contributed by atoms with Gasteiger partial charge in [-0.2, -0.15) is 0 Å². The molecule has 1 saturated carbocycles. The van der Waals surface area contributed by atoms with E-state index < -0.39 is 9.84 Å². The highest BCUT2D eigenvalue weighted by molar-refractivity contribution is 7.91. The normalized spacial score (nSPS) is 26.3. The number of rotatable bonds is 6. The minimum atomic E-state index is -3.04. The van der Waals surface area contributed by atoms with Crippen LogP contribution in [-0.2, 0) is 25.8 Å². The van der Waals surface area contributed by atoms with Gasteiger partial charge in [0.2, 0.25) is 11.8 Å². The van der Waals surface area contributed by atoms with E-state index in [1.807, 2.05) is 31.2 Å². The predicted octanol–water partition coefficient (Wildman–Crippen LogP) is 1.86. The number of benzene rings is 1. The van der Waals surface area contributed by atoms with Gasteiger partial charge in [0.05, 0.1) is 23.3 Å². The first-order chi connectivity index (χ1) is 12.3. The Morgan fingerprint density at radius 3 is 2.38 bits per heavy atom. The molecular weight excluding hydrogens is 352 g/mol.